The van der Waals surface area contributed by atoms with E-state index in [9.17, 15) is 9.90 Å². The van der Waals surface area contributed by atoms with E-state index < -0.39 is 0 Å². The van der Waals surface area contributed by atoms with Crippen molar-refractivity contribution in [2.24, 2.45) is 11.3 Å². The summed E-state index contributed by atoms with van der Waals surface area (Å²) >= 11 is 0. The first-order valence-electron chi connectivity index (χ1n) is 5.59. The van der Waals surface area contributed by atoms with Gasteiger partial charge in [0.1, 0.15) is 11.5 Å². The highest BCUT2D eigenvalue weighted by atomic mass is 16.3. The van der Waals surface area contributed by atoms with Crippen molar-refractivity contribution < 1.29 is 9.90 Å². The Morgan fingerprint density at radius 3 is 2.12 bits per heavy atom. The smallest absolute Gasteiger partial charge is 0.133 e. The highest BCUT2D eigenvalue weighted by Crippen LogP contribution is 2.30. The van der Waals surface area contributed by atoms with Gasteiger partial charge < -0.3 is 5.11 Å². The fourth-order valence-electron chi connectivity index (χ4n) is 1.93. The van der Waals surface area contributed by atoms with Gasteiger partial charge in [-0.05, 0) is 36.5 Å². The van der Waals surface area contributed by atoms with Crippen LogP contribution in [0.4, 0.5) is 0 Å². The van der Waals surface area contributed by atoms with E-state index in [0.717, 1.165) is 12.0 Å². The number of ketones is 1. The van der Waals surface area contributed by atoms with Crippen molar-refractivity contribution in [1.82, 2.24) is 0 Å². The molecule has 2 heteroatoms. The predicted octanol–water partition coefficient (Wildman–Crippen LogP) is 3.19. The van der Waals surface area contributed by atoms with Crippen LogP contribution in [-0.2, 0) is 11.2 Å². The second kappa shape index (κ2) is 4.69. The molecule has 1 rings (SSSR count). The van der Waals surface area contributed by atoms with Crippen molar-refractivity contribution in [2.75, 3.05) is 0 Å². The van der Waals surface area contributed by atoms with Crippen LogP contribution in [0.3, 0.4) is 0 Å². The summed E-state index contributed by atoms with van der Waals surface area (Å²) in [5, 5.41) is 9.19. The quantitative estimate of drug-likeness (QED) is 0.849. The molecule has 0 amide bonds. The van der Waals surface area contributed by atoms with Crippen LogP contribution in [0.5, 0.6) is 5.75 Å². The Labute approximate surface area is 97.3 Å². The lowest BCUT2D eigenvalue weighted by molar-refractivity contribution is -0.123. The largest absolute Gasteiger partial charge is 0.508 e. The number of rotatable bonds is 3. The number of hydrogen-bond acceptors (Lipinski definition) is 2. The van der Waals surface area contributed by atoms with Crippen LogP contribution in [0.15, 0.2) is 24.3 Å². The lowest BCUT2D eigenvalue weighted by atomic mass is 9.75. The maximum Gasteiger partial charge on any atom is 0.133 e. The normalized spacial score (nSPS) is 13.5. The zero-order valence-corrected chi connectivity index (χ0v) is 10.4. The summed E-state index contributed by atoms with van der Waals surface area (Å²) in [5.41, 5.74) is 1.07. The Kier molecular flexibility index (Phi) is 3.74. The molecule has 0 fully saturated rings. The molecule has 2 nitrogen and oxygen atoms in total. The molecule has 0 aromatic heterocycles. The van der Waals surface area contributed by atoms with Gasteiger partial charge in [0.15, 0.2) is 0 Å². The van der Waals surface area contributed by atoms with E-state index >= 15 is 0 Å². The summed E-state index contributed by atoms with van der Waals surface area (Å²) in [7, 11) is 0. The van der Waals surface area contributed by atoms with Gasteiger partial charge in [0, 0.05) is 5.92 Å². The molecule has 1 atom stereocenters. The summed E-state index contributed by atoms with van der Waals surface area (Å²) in [5.74, 6) is 0.511. The number of carbonyl (C=O) groups excluding carboxylic acids is 1. The van der Waals surface area contributed by atoms with Gasteiger partial charge in [-0.2, -0.15) is 0 Å². The van der Waals surface area contributed by atoms with Crippen LogP contribution in [0.1, 0.15) is 33.3 Å². The number of benzene rings is 1. The number of Topliss-reactive ketones (excluding diaryl/α,β-unsaturated/α-hetero) is 1. The highest BCUT2D eigenvalue weighted by molar-refractivity contribution is 5.79. The van der Waals surface area contributed by atoms with Gasteiger partial charge >= 0.3 is 0 Å². The Hall–Kier alpha value is -1.31. The number of aromatic hydroxyl groups is 1. The van der Waals surface area contributed by atoms with Crippen molar-refractivity contribution >= 4 is 5.78 Å². The minimum Gasteiger partial charge on any atom is -0.508 e. The minimum atomic E-state index is -0.0241. The Morgan fingerprint density at radius 2 is 1.75 bits per heavy atom. The molecular weight excluding hydrogens is 200 g/mol. The van der Waals surface area contributed by atoms with Gasteiger partial charge in [0.25, 0.3) is 0 Å². The van der Waals surface area contributed by atoms with Crippen LogP contribution in [0, 0.1) is 11.3 Å². The van der Waals surface area contributed by atoms with E-state index in [2.05, 4.69) is 20.8 Å². The molecule has 0 saturated carbocycles. The third kappa shape index (κ3) is 3.37. The van der Waals surface area contributed by atoms with Crippen LogP contribution >= 0.6 is 0 Å². The molecule has 1 N–H and O–H groups in total. The van der Waals surface area contributed by atoms with Crippen molar-refractivity contribution in [2.45, 2.75) is 34.1 Å². The van der Waals surface area contributed by atoms with E-state index in [4.69, 9.17) is 0 Å². The SMILES string of the molecule is CC(=O)C(Cc1ccc(O)cc1)C(C)(C)C. The Balaban J connectivity index is 2.84. The van der Waals surface area contributed by atoms with Crippen LogP contribution in [0.2, 0.25) is 0 Å². The molecular formula is C14H20O2. The zero-order valence-electron chi connectivity index (χ0n) is 10.4. The molecule has 1 aromatic carbocycles. The fourth-order valence-corrected chi connectivity index (χ4v) is 1.93. The molecule has 16 heavy (non-hydrogen) atoms. The van der Waals surface area contributed by atoms with Crippen LogP contribution < -0.4 is 0 Å². The molecule has 0 heterocycles. The monoisotopic (exact) mass is 220 g/mol. The zero-order chi connectivity index (χ0) is 12.3. The van der Waals surface area contributed by atoms with Gasteiger partial charge in [-0.25, -0.2) is 0 Å². The molecule has 0 spiro atoms. The van der Waals surface area contributed by atoms with Gasteiger partial charge in [0.05, 0.1) is 0 Å². The standard InChI is InChI=1S/C14H20O2/c1-10(15)13(14(2,3)4)9-11-5-7-12(16)8-6-11/h5-8,13,16H,9H2,1-4H3. The molecule has 0 aliphatic heterocycles. The van der Waals surface area contributed by atoms with E-state index in [1.54, 1.807) is 19.1 Å². The van der Waals surface area contributed by atoms with E-state index in [1.165, 1.54) is 0 Å². The maximum absolute atomic E-state index is 11.6. The minimum absolute atomic E-state index is 0.0241. The maximum atomic E-state index is 11.6. The first-order valence-corrected chi connectivity index (χ1v) is 5.59. The van der Waals surface area contributed by atoms with Crippen LogP contribution in [0.25, 0.3) is 0 Å². The molecule has 0 radical (unpaired) electrons. The van der Waals surface area contributed by atoms with Gasteiger partial charge in [-0.15, -0.1) is 0 Å². The third-order valence-electron chi connectivity index (χ3n) is 2.91. The summed E-state index contributed by atoms with van der Waals surface area (Å²) in [6.07, 6.45) is 0.735. The van der Waals surface area contributed by atoms with Crippen molar-refractivity contribution in [1.29, 1.82) is 0 Å². The Morgan fingerprint density at radius 1 is 1.25 bits per heavy atom. The third-order valence-corrected chi connectivity index (χ3v) is 2.91. The molecule has 0 aliphatic carbocycles. The summed E-state index contributed by atoms with van der Waals surface area (Å²) in [6, 6.07) is 7.07. The highest BCUT2D eigenvalue weighted by Gasteiger charge is 2.28. The topological polar surface area (TPSA) is 37.3 Å². The predicted molar refractivity (Wildman–Crippen MR) is 65.4 cm³/mol. The second-order valence-electron chi connectivity index (χ2n) is 5.40. The summed E-state index contributed by atoms with van der Waals surface area (Å²) < 4.78 is 0. The van der Waals surface area contributed by atoms with Gasteiger partial charge in [0.2, 0.25) is 0 Å². The van der Waals surface area contributed by atoms with E-state index in [-0.39, 0.29) is 22.9 Å². The van der Waals surface area contributed by atoms with Crippen molar-refractivity contribution in [3.63, 3.8) is 0 Å². The lowest BCUT2D eigenvalue weighted by Gasteiger charge is -2.28. The number of hydrogen-bond donors (Lipinski definition) is 1. The van der Waals surface area contributed by atoms with Crippen molar-refractivity contribution in [3.8, 4) is 5.75 Å². The molecule has 0 saturated heterocycles. The lowest BCUT2D eigenvalue weighted by Crippen LogP contribution is -2.28. The average molecular weight is 220 g/mol. The molecule has 88 valence electrons. The second-order valence-corrected chi connectivity index (χ2v) is 5.40. The number of phenolic OH excluding ortho intramolecular Hbond substituents is 1. The summed E-state index contributed by atoms with van der Waals surface area (Å²) in [4.78, 5) is 11.6. The number of phenols is 1. The van der Waals surface area contributed by atoms with Gasteiger partial charge in [-0.3, -0.25) is 4.79 Å². The molecule has 1 unspecified atom stereocenters. The number of carbonyl (C=O) groups is 1. The average Bonchev–Trinajstić information content (AvgIpc) is 2.14. The fraction of sp³-hybridized carbons (Fsp3) is 0.500. The Bertz CT molecular complexity index is 357. The first-order chi connectivity index (χ1) is 7.30. The molecule has 0 bridgehead atoms. The summed E-state index contributed by atoms with van der Waals surface area (Å²) in [6.45, 7) is 7.90. The molecule has 0 aliphatic rings. The first kappa shape index (κ1) is 12.8. The van der Waals surface area contributed by atoms with E-state index in [1.807, 2.05) is 12.1 Å². The van der Waals surface area contributed by atoms with Crippen LogP contribution in [-0.4, -0.2) is 10.9 Å². The van der Waals surface area contributed by atoms with Crippen molar-refractivity contribution in [3.05, 3.63) is 29.8 Å². The van der Waals surface area contributed by atoms with E-state index in [0.29, 0.717) is 0 Å². The molecule has 1 aromatic rings. The van der Waals surface area contributed by atoms with Gasteiger partial charge in [-0.1, -0.05) is 32.9 Å².